The molecule has 4 nitrogen and oxygen atoms in total. The Morgan fingerprint density at radius 1 is 0.328 bits per heavy atom. The lowest BCUT2D eigenvalue weighted by molar-refractivity contribution is 0.474. The van der Waals surface area contributed by atoms with Gasteiger partial charge in [0.1, 0.15) is 0 Å². The fourth-order valence-electron chi connectivity index (χ4n) is 10.2. The van der Waals surface area contributed by atoms with Gasteiger partial charge in [0.05, 0.1) is 22.1 Å². The number of anilines is 4. The molecule has 0 radical (unpaired) electrons. The number of benzene rings is 8. The monoisotopic (exact) mass is 822 g/mol. The summed E-state index contributed by atoms with van der Waals surface area (Å²) >= 11 is 0. The highest BCUT2D eigenvalue weighted by Crippen LogP contribution is 2.42. The molecule has 64 heavy (non-hydrogen) atoms. The van der Waals surface area contributed by atoms with Crippen LogP contribution in [0.2, 0.25) is 0 Å². The highest BCUT2D eigenvalue weighted by atomic mass is 15.2. The highest BCUT2D eigenvalue weighted by molar-refractivity contribution is 6.11. The van der Waals surface area contributed by atoms with Crippen LogP contribution in [0.5, 0.6) is 0 Å². The number of allylic oxidation sites excluding steroid dienone is 6. The van der Waals surface area contributed by atoms with Crippen LogP contribution >= 0.6 is 0 Å². The minimum absolute atomic E-state index is 0.396. The van der Waals surface area contributed by atoms with E-state index in [9.17, 15) is 0 Å². The molecule has 0 saturated carbocycles. The van der Waals surface area contributed by atoms with E-state index in [-0.39, 0.29) is 0 Å². The molecular weight excluding hydrogens is 777 g/mol. The number of aromatic nitrogens is 2. The smallest absolute Gasteiger partial charge is 0.0542 e. The summed E-state index contributed by atoms with van der Waals surface area (Å²) in [5, 5.41) is 5.00. The predicted molar refractivity (Wildman–Crippen MR) is 269 cm³/mol. The van der Waals surface area contributed by atoms with Gasteiger partial charge in [-0.2, -0.15) is 0 Å². The summed E-state index contributed by atoms with van der Waals surface area (Å²) in [6, 6.07) is 74.4. The van der Waals surface area contributed by atoms with E-state index >= 15 is 0 Å². The van der Waals surface area contributed by atoms with Crippen molar-refractivity contribution >= 4 is 66.4 Å². The lowest BCUT2D eigenvalue weighted by Gasteiger charge is -2.32. The first kappa shape index (κ1) is 37.7. The average molecular weight is 823 g/mol. The van der Waals surface area contributed by atoms with Crippen LogP contribution < -0.4 is 9.80 Å². The highest BCUT2D eigenvalue weighted by Gasteiger charge is 2.25. The summed E-state index contributed by atoms with van der Waals surface area (Å²) < 4.78 is 4.76. The number of para-hydroxylation sites is 6. The van der Waals surface area contributed by atoms with E-state index in [0.717, 1.165) is 35.6 Å². The second kappa shape index (κ2) is 16.0. The average Bonchev–Trinajstić information content (AvgIpc) is 3.88. The zero-order valence-corrected chi connectivity index (χ0v) is 35.5. The van der Waals surface area contributed by atoms with Crippen molar-refractivity contribution in [1.29, 1.82) is 0 Å². The third-order valence-electron chi connectivity index (χ3n) is 13.2. The van der Waals surface area contributed by atoms with Crippen LogP contribution in [-0.4, -0.2) is 9.13 Å². The zero-order chi connectivity index (χ0) is 42.4. The van der Waals surface area contributed by atoms with Crippen LogP contribution in [0.15, 0.2) is 254 Å². The molecule has 2 atom stereocenters. The van der Waals surface area contributed by atoms with Crippen molar-refractivity contribution < 1.29 is 0 Å². The SMILES string of the molecule is C1=CC(C2C=CC(N(c3ccccc3)c3ccc4c(c3)c3ccccc3n4-c3ccccc3)=CC2)CC=C1N(c1ccccc1)c1ccc2c(c1)c1ccccc1n2-c1ccccc1. The van der Waals surface area contributed by atoms with Crippen molar-refractivity contribution in [3.05, 3.63) is 254 Å². The van der Waals surface area contributed by atoms with E-state index in [2.05, 4.69) is 262 Å². The Kier molecular flexibility index (Phi) is 9.41. The number of hydrogen-bond acceptors (Lipinski definition) is 2. The summed E-state index contributed by atoms with van der Waals surface area (Å²) in [4.78, 5) is 4.84. The molecule has 10 aromatic rings. The molecule has 8 aromatic carbocycles. The first-order valence-electron chi connectivity index (χ1n) is 22.4. The summed E-state index contributed by atoms with van der Waals surface area (Å²) in [6.45, 7) is 0. The molecule has 0 fully saturated rings. The van der Waals surface area contributed by atoms with Gasteiger partial charge < -0.3 is 18.9 Å². The van der Waals surface area contributed by atoms with Crippen molar-refractivity contribution in [2.45, 2.75) is 12.8 Å². The molecule has 0 spiro atoms. The van der Waals surface area contributed by atoms with E-state index < -0.39 is 0 Å². The molecule has 4 heteroatoms. The molecule has 0 N–H and O–H groups in total. The molecule has 0 aliphatic heterocycles. The standard InChI is InChI=1S/C60H46N4/c1-5-17-45(18-6-1)61(51-37-39-59-55(41-51)53-25-13-15-27-57(53)63(59)47-21-9-3-10-22-47)49-33-29-43(30-34-49)44-31-35-50(36-32-44)62(46-19-7-2-8-20-46)52-38-40-60-56(42-52)54-26-14-16-28-58(54)64(60)48-23-11-4-12-24-48/h1-29,31,33-44H,30,32H2. The molecule has 2 aromatic heterocycles. The molecule has 2 aliphatic carbocycles. The number of rotatable bonds is 9. The first-order chi connectivity index (χ1) is 31.8. The number of hydrogen-bond donors (Lipinski definition) is 0. The fourth-order valence-corrected chi connectivity index (χ4v) is 10.2. The molecule has 0 saturated heterocycles. The van der Waals surface area contributed by atoms with Crippen LogP contribution in [0.1, 0.15) is 12.8 Å². The molecule has 306 valence electrons. The molecule has 0 amide bonds. The lowest BCUT2D eigenvalue weighted by atomic mass is 9.81. The summed E-state index contributed by atoms with van der Waals surface area (Å²) in [7, 11) is 0. The first-order valence-corrected chi connectivity index (χ1v) is 22.4. The van der Waals surface area contributed by atoms with E-state index in [4.69, 9.17) is 0 Å². The predicted octanol–water partition coefficient (Wildman–Crippen LogP) is 15.8. The number of fused-ring (bicyclic) bond motifs is 6. The summed E-state index contributed by atoms with van der Waals surface area (Å²) in [6.07, 6.45) is 16.4. The maximum Gasteiger partial charge on any atom is 0.0542 e. The van der Waals surface area contributed by atoms with Gasteiger partial charge in [-0.25, -0.2) is 0 Å². The Hall–Kier alpha value is -8.08. The summed E-state index contributed by atoms with van der Waals surface area (Å²) in [5.74, 6) is 0.791. The van der Waals surface area contributed by atoms with E-state index in [0.29, 0.717) is 11.8 Å². The maximum atomic E-state index is 2.45. The van der Waals surface area contributed by atoms with Crippen molar-refractivity contribution in [2.75, 3.05) is 9.80 Å². The van der Waals surface area contributed by atoms with Crippen LogP contribution in [0.25, 0.3) is 55.0 Å². The van der Waals surface area contributed by atoms with E-state index in [1.807, 2.05) is 0 Å². The second-order valence-corrected chi connectivity index (χ2v) is 16.9. The number of nitrogens with zero attached hydrogens (tertiary/aromatic N) is 4. The van der Waals surface area contributed by atoms with Crippen molar-refractivity contribution in [2.24, 2.45) is 11.8 Å². The largest absolute Gasteiger partial charge is 0.311 e. The van der Waals surface area contributed by atoms with Gasteiger partial charge >= 0.3 is 0 Å². The lowest BCUT2D eigenvalue weighted by Crippen LogP contribution is -2.21. The third-order valence-corrected chi connectivity index (χ3v) is 13.2. The van der Waals surface area contributed by atoms with Crippen LogP contribution in [0.4, 0.5) is 22.7 Å². The van der Waals surface area contributed by atoms with Gasteiger partial charge in [-0.3, -0.25) is 0 Å². The van der Waals surface area contributed by atoms with Gasteiger partial charge in [0.15, 0.2) is 0 Å². The Balaban J connectivity index is 0.844. The normalized spacial score (nSPS) is 16.1. The molecule has 2 unspecified atom stereocenters. The van der Waals surface area contributed by atoms with Gasteiger partial charge in [-0.15, -0.1) is 0 Å². The third kappa shape index (κ3) is 6.54. The van der Waals surface area contributed by atoms with Crippen molar-refractivity contribution in [3.63, 3.8) is 0 Å². The van der Waals surface area contributed by atoms with E-state index in [1.165, 1.54) is 66.4 Å². The van der Waals surface area contributed by atoms with Gasteiger partial charge in [0.25, 0.3) is 0 Å². The van der Waals surface area contributed by atoms with Crippen LogP contribution in [-0.2, 0) is 0 Å². The van der Waals surface area contributed by atoms with Crippen molar-refractivity contribution in [3.8, 4) is 11.4 Å². The Bertz CT molecular complexity index is 3210. The molecule has 12 rings (SSSR count). The Morgan fingerprint density at radius 2 is 0.688 bits per heavy atom. The summed E-state index contributed by atoms with van der Waals surface area (Å²) in [5.41, 5.74) is 14.2. The Labute approximate surface area is 373 Å². The Morgan fingerprint density at radius 3 is 1.08 bits per heavy atom. The molecule has 2 heterocycles. The minimum atomic E-state index is 0.396. The second-order valence-electron chi connectivity index (χ2n) is 16.9. The molecular formula is C60H46N4. The van der Waals surface area contributed by atoms with E-state index in [1.54, 1.807) is 0 Å². The zero-order valence-electron chi connectivity index (χ0n) is 35.5. The van der Waals surface area contributed by atoms with Gasteiger partial charge in [0, 0.05) is 67.1 Å². The van der Waals surface area contributed by atoms with Crippen LogP contribution in [0, 0.1) is 11.8 Å². The molecule has 0 bridgehead atoms. The fraction of sp³-hybridized carbons (Fsp3) is 0.0667. The van der Waals surface area contributed by atoms with Crippen molar-refractivity contribution in [1.82, 2.24) is 9.13 Å². The topological polar surface area (TPSA) is 16.3 Å². The quantitative estimate of drug-likeness (QED) is 0.144. The minimum Gasteiger partial charge on any atom is -0.311 e. The van der Waals surface area contributed by atoms with Gasteiger partial charge in [0.2, 0.25) is 0 Å². The van der Waals surface area contributed by atoms with Gasteiger partial charge in [-0.05, 0) is 134 Å². The molecule has 2 aliphatic rings. The van der Waals surface area contributed by atoms with Crippen LogP contribution in [0.3, 0.4) is 0 Å². The van der Waals surface area contributed by atoms with Gasteiger partial charge in [-0.1, -0.05) is 133 Å². The maximum absolute atomic E-state index is 2.45.